The predicted molar refractivity (Wildman–Crippen MR) is 38.6 cm³/mol. The molecule has 0 N–H and O–H groups in total. The van der Waals surface area contributed by atoms with Crippen molar-refractivity contribution in [3.05, 3.63) is 0 Å². The van der Waals surface area contributed by atoms with Crippen LogP contribution in [0.2, 0.25) is 0 Å². The Balaban J connectivity index is 3.34. The highest BCUT2D eigenvalue weighted by Crippen LogP contribution is 2.28. The Labute approximate surface area is 62.7 Å². The van der Waals surface area contributed by atoms with E-state index in [1.807, 2.05) is 0 Å². The SMILES string of the molecule is S=CCC(Cl)(Cl)Cl. The highest BCUT2D eigenvalue weighted by Gasteiger charge is 2.16. The molecule has 0 radical (unpaired) electrons. The molecule has 0 amide bonds. The van der Waals surface area contributed by atoms with Gasteiger partial charge in [-0.15, -0.1) is 0 Å². The molecule has 0 saturated carbocycles. The van der Waals surface area contributed by atoms with Crippen molar-refractivity contribution in [2.24, 2.45) is 0 Å². The maximum absolute atomic E-state index is 5.27. The van der Waals surface area contributed by atoms with E-state index in [9.17, 15) is 0 Å². The minimum Gasteiger partial charge on any atom is -0.0933 e. The molecule has 0 atom stereocenters. The Kier molecular flexibility index (Phi) is 3.50. The summed E-state index contributed by atoms with van der Waals surface area (Å²) >= 11 is 20.2. The molecule has 0 aromatic heterocycles. The second kappa shape index (κ2) is 3.08. The summed E-state index contributed by atoms with van der Waals surface area (Å²) < 4.78 is -1.19. The molecule has 4 heteroatoms. The molecular formula is C3H3Cl3S. The van der Waals surface area contributed by atoms with E-state index in [0.29, 0.717) is 6.42 Å². The molecule has 0 aromatic carbocycles. The number of alkyl halides is 3. The van der Waals surface area contributed by atoms with Crippen molar-refractivity contribution in [3.63, 3.8) is 0 Å². The van der Waals surface area contributed by atoms with Crippen LogP contribution in [0.3, 0.4) is 0 Å². The lowest BCUT2D eigenvalue weighted by Crippen LogP contribution is -1.99. The van der Waals surface area contributed by atoms with Crippen molar-refractivity contribution >= 4 is 52.4 Å². The van der Waals surface area contributed by atoms with Gasteiger partial charge in [0.25, 0.3) is 0 Å². The molecule has 0 aliphatic rings. The molecule has 0 bridgehead atoms. The van der Waals surface area contributed by atoms with Crippen LogP contribution in [0.15, 0.2) is 0 Å². The normalized spacial score (nSPS) is 11.3. The molecule has 0 saturated heterocycles. The summed E-state index contributed by atoms with van der Waals surface area (Å²) in [6.07, 6.45) is 0.326. The zero-order chi connectivity index (χ0) is 5.91. The lowest BCUT2D eigenvalue weighted by molar-refractivity contribution is 1.16. The van der Waals surface area contributed by atoms with E-state index < -0.39 is 3.79 Å². The molecule has 0 fully saturated rings. The summed E-state index contributed by atoms with van der Waals surface area (Å²) in [5.41, 5.74) is 0. The van der Waals surface area contributed by atoms with Gasteiger partial charge in [-0.2, -0.15) is 0 Å². The number of halogens is 3. The van der Waals surface area contributed by atoms with Crippen molar-refractivity contribution in [3.8, 4) is 0 Å². The van der Waals surface area contributed by atoms with Gasteiger partial charge in [-0.3, -0.25) is 0 Å². The number of hydrogen-bond acceptors (Lipinski definition) is 1. The van der Waals surface area contributed by atoms with Gasteiger partial charge >= 0.3 is 0 Å². The summed E-state index contributed by atoms with van der Waals surface area (Å²) in [5.74, 6) is 0. The smallest absolute Gasteiger partial charge is 0.0933 e. The van der Waals surface area contributed by atoms with E-state index in [1.165, 1.54) is 5.37 Å². The first-order chi connectivity index (χ1) is 3.06. The van der Waals surface area contributed by atoms with Gasteiger partial charge < -0.3 is 0 Å². The van der Waals surface area contributed by atoms with Gasteiger partial charge in [-0.1, -0.05) is 47.0 Å². The summed E-state index contributed by atoms with van der Waals surface area (Å²) in [7, 11) is 0. The minimum atomic E-state index is -1.19. The first kappa shape index (κ1) is 7.96. The maximum atomic E-state index is 5.27. The lowest BCUT2D eigenvalue weighted by Gasteiger charge is -2.02. The van der Waals surface area contributed by atoms with Crippen molar-refractivity contribution in [2.45, 2.75) is 10.2 Å². The van der Waals surface area contributed by atoms with Crippen LogP contribution in [0.1, 0.15) is 6.42 Å². The van der Waals surface area contributed by atoms with Crippen LogP contribution in [-0.4, -0.2) is 9.16 Å². The van der Waals surface area contributed by atoms with Crippen LogP contribution in [0.4, 0.5) is 0 Å². The van der Waals surface area contributed by atoms with E-state index in [1.54, 1.807) is 0 Å². The molecule has 0 nitrogen and oxygen atoms in total. The molecule has 0 rings (SSSR count). The van der Waals surface area contributed by atoms with E-state index in [-0.39, 0.29) is 0 Å². The third kappa shape index (κ3) is 6.96. The third-order valence-electron chi connectivity index (χ3n) is 0.315. The Morgan fingerprint density at radius 1 is 1.43 bits per heavy atom. The maximum Gasteiger partial charge on any atom is 0.194 e. The topological polar surface area (TPSA) is 0 Å². The van der Waals surface area contributed by atoms with Crippen LogP contribution in [0, 0.1) is 0 Å². The van der Waals surface area contributed by atoms with Crippen LogP contribution < -0.4 is 0 Å². The first-order valence-corrected chi connectivity index (χ1v) is 3.17. The molecular weight excluding hydrogens is 174 g/mol. The highest BCUT2D eigenvalue weighted by atomic mass is 35.6. The van der Waals surface area contributed by atoms with Gasteiger partial charge in [0.1, 0.15) is 0 Å². The zero-order valence-corrected chi connectivity index (χ0v) is 6.41. The van der Waals surface area contributed by atoms with Crippen molar-refractivity contribution in [2.75, 3.05) is 0 Å². The number of thiocarbonyl (C=S) groups is 1. The largest absolute Gasteiger partial charge is 0.194 e. The zero-order valence-electron chi connectivity index (χ0n) is 3.33. The summed E-state index contributed by atoms with van der Waals surface area (Å²) in [6, 6.07) is 0. The number of rotatable bonds is 1. The Hall–Kier alpha value is 0.960. The number of hydrogen-bond donors (Lipinski definition) is 0. The molecule has 0 aromatic rings. The molecule has 0 spiro atoms. The van der Waals surface area contributed by atoms with Gasteiger partial charge in [-0.25, -0.2) is 0 Å². The quantitative estimate of drug-likeness (QED) is 0.438. The second-order valence-electron chi connectivity index (χ2n) is 0.986. The summed E-state index contributed by atoms with van der Waals surface area (Å²) in [6.45, 7) is 0. The minimum absolute atomic E-state index is 0.326. The van der Waals surface area contributed by atoms with Gasteiger partial charge in [0.15, 0.2) is 3.79 Å². The average Bonchev–Trinajstić information content (AvgIpc) is 1.30. The van der Waals surface area contributed by atoms with Crippen molar-refractivity contribution in [1.29, 1.82) is 0 Å². The van der Waals surface area contributed by atoms with Crippen molar-refractivity contribution in [1.82, 2.24) is 0 Å². The molecule has 0 aliphatic carbocycles. The fraction of sp³-hybridized carbons (Fsp3) is 0.667. The third-order valence-corrected chi connectivity index (χ3v) is 0.944. The highest BCUT2D eigenvalue weighted by molar-refractivity contribution is 7.79. The monoisotopic (exact) mass is 176 g/mol. The van der Waals surface area contributed by atoms with Crippen LogP contribution in [-0.2, 0) is 0 Å². The Bertz CT molecular complexity index is 65.1. The average molecular weight is 177 g/mol. The van der Waals surface area contributed by atoms with Crippen LogP contribution in [0.25, 0.3) is 0 Å². The summed E-state index contributed by atoms with van der Waals surface area (Å²) in [4.78, 5) is 0. The predicted octanol–water partition coefficient (Wildman–Crippen LogP) is 2.75. The fourth-order valence-corrected chi connectivity index (χ4v) is 0.850. The second-order valence-corrected chi connectivity index (χ2v) is 3.84. The van der Waals surface area contributed by atoms with Crippen molar-refractivity contribution < 1.29 is 0 Å². The standard InChI is InChI=1S/C3H3Cl3S/c4-3(5,6)1-2-7/h2H,1H2. The van der Waals surface area contributed by atoms with Gasteiger partial charge in [0, 0.05) is 6.42 Å². The van der Waals surface area contributed by atoms with Gasteiger partial charge in [0.05, 0.1) is 0 Å². The Morgan fingerprint density at radius 2 is 1.86 bits per heavy atom. The van der Waals surface area contributed by atoms with Gasteiger partial charge in [-0.05, 0) is 5.37 Å². The van der Waals surface area contributed by atoms with E-state index in [0.717, 1.165) is 0 Å². The van der Waals surface area contributed by atoms with Gasteiger partial charge in [0.2, 0.25) is 0 Å². The van der Waals surface area contributed by atoms with Crippen LogP contribution >= 0.6 is 47.0 Å². The summed E-state index contributed by atoms with van der Waals surface area (Å²) in [5, 5.41) is 1.40. The van der Waals surface area contributed by atoms with E-state index in [2.05, 4.69) is 12.2 Å². The molecule has 0 unspecified atom stereocenters. The van der Waals surface area contributed by atoms with E-state index >= 15 is 0 Å². The molecule has 42 valence electrons. The molecule has 0 aliphatic heterocycles. The lowest BCUT2D eigenvalue weighted by atomic mass is 10.6. The van der Waals surface area contributed by atoms with Crippen LogP contribution in [0.5, 0.6) is 0 Å². The first-order valence-electron chi connectivity index (χ1n) is 1.56. The molecule has 7 heavy (non-hydrogen) atoms. The fourth-order valence-electron chi connectivity index (χ4n) is 0.0945. The molecule has 0 heterocycles. The van der Waals surface area contributed by atoms with E-state index in [4.69, 9.17) is 34.8 Å². The Morgan fingerprint density at radius 3 is 1.86 bits per heavy atom.